The second-order valence-corrected chi connectivity index (χ2v) is 6.96. The van der Waals surface area contributed by atoms with Gasteiger partial charge in [-0.05, 0) is 19.3 Å². The first-order valence-electron chi connectivity index (χ1n) is 9.30. The lowest BCUT2D eigenvalue weighted by atomic mass is 10.0. The summed E-state index contributed by atoms with van der Waals surface area (Å²) in [6.07, 6.45) is 1.49. The predicted molar refractivity (Wildman–Crippen MR) is 101 cm³/mol. The van der Waals surface area contributed by atoms with E-state index in [0.29, 0.717) is 6.61 Å². The van der Waals surface area contributed by atoms with E-state index >= 15 is 0 Å². The standard InChI is InChI=1S/C20H31NO6/c1-7-10-26-19(12(2)3)14(5)27-20(24)13(4)11-15(22)17-18(23)16(25-6)8-9-21-17/h8-9,12-14,19,23H,7,10-11H2,1-6H3/t13-,14+,19+/m1/s1. The van der Waals surface area contributed by atoms with Crippen LogP contribution in [0, 0.1) is 11.8 Å². The van der Waals surface area contributed by atoms with Gasteiger partial charge in [-0.2, -0.15) is 0 Å². The highest BCUT2D eigenvalue weighted by molar-refractivity contribution is 5.99. The molecule has 0 aromatic carbocycles. The van der Waals surface area contributed by atoms with E-state index in [9.17, 15) is 14.7 Å². The molecule has 0 aliphatic rings. The molecule has 1 aromatic rings. The summed E-state index contributed by atoms with van der Waals surface area (Å²) in [6, 6.07) is 1.45. The van der Waals surface area contributed by atoms with Crippen LogP contribution in [0.15, 0.2) is 12.3 Å². The molecule has 152 valence electrons. The van der Waals surface area contributed by atoms with E-state index in [1.165, 1.54) is 19.4 Å². The number of aromatic nitrogens is 1. The van der Waals surface area contributed by atoms with Gasteiger partial charge >= 0.3 is 5.97 Å². The Hall–Kier alpha value is -2.15. The van der Waals surface area contributed by atoms with Crippen LogP contribution in [0.5, 0.6) is 11.5 Å². The lowest BCUT2D eigenvalue weighted by Gasteiger charge is -2.28. The smallest absolute Gasteiger partial charge is 0.309 e. The third-order valence-electron chi connectivity index (χ3n) is 4.20. The minimum Gasteiger partial charge on any atom is -0.503 e. The number of aromatic hydroxyl groups is 1. The van der Waals surface area contributed by atoms with E-state index in [4.69, 9.17) is 14.2 Å². The van der Waals surface area contributed by atoms with E-state index in [1.54, 1.807) is 13.8 Å². The largest absolute Gasteiger partial charge is 0.503 e. The third-order valence-corrected chi connectivity index (χ3v) is 4.20. The van der Waals surface area contributed by atoms with Crippen molar-refractivity contribution in [2.75, 3.05) is 13.7 Å². The quantitative estimate of drug-likeness (QED) is 0.464. The number of rotatable bonds is 11. The molecule has 1 heterocycles. The van der Waals surface area contributed by atoms with Gasteiger partial charge in [0.1, 0.15) is 6.10 Å². The molecule has 3 atom stereocenters. The van der Waals surface area contributed by atoms with Gasteiger partial charge in [0.25, 0.3) is 0 Å². The van der Waals surface area contributed by atoms with Crippen molar-refractivity contribution in [3.63, 3.8) is 0 Å². The second-order valence-electron chi connectivity index (χ2n) is 6.96. The van der Waals surface area contributed by atoms with Crippen LogP contribution in [0.3, 0.4) is 0 Å². The van der Waals surface area contributed by atoms with E-state index in [2.05, 4.69) is 4.98 Å². The molecule has 0 saturated carbocycles. The summed E-state index contributed by atoms with van der Waals surface area (Å²) in [4.78, 5) is 28.7. The first kappa shape index (κ1) is 22.9. The van der Waals surface area contributed by atoms with Crippen LogP contribution in [-0.4, -0.2) is 47.8 Å². The van der Waals surface area contributed by atoms with Crippen LogP contribution in [0.2, 0.25) is 0 Å². The van der Waals surface area contributed by atoms with Crippen LogP contribution in [-0.2, 0) is 14.3 Å². The SMILES string of the molecule is CCCO[C@@H](C(C)C)[C@H](C)OC(=O)[C@H](C)CC(=O)c1nccc(OC)c1O. The average Bonchev–Trinajstić information content (AvgIpc) is 2.61. The summed E-state index contributed by atoms with van der Waals surface area (Å²) in [5, 5.41) is 10.0. The number of Topliss-reactive ketones (excluding diaryl/α,β-unsaturated/α-hetero) is 1. The molecule has 0 spiro atoms. The normalized spacial score (nSPS) is 14.5. The van der Waals surface area contributed by atoms with Gasteiger partial charge in [-0.1, -0.05) is 27.7 Å². The fourth-order valence-electron chi connectivity index (χ4n) is 2.75. The van der Waals surface area contributed by atoms with Crippen molar-refractivity contribution in [3.05, 3.63) is 18.0 Å². The van der Waals surface area contributed by atoms with Crippen molar-refractivity contribution >= 4 is 11.8 Å². The van der Waals surface area contributed by atoms with Crippen molar-refractivity contribution in [1.82, 2.24) is 4.98 Å². The first-order chi connectivity index (χ1) is 12.7. The molecule has 0 unspecified atom stereocenters. The minimum absolute atomic E-state index is 0.117. The summed E-state index contributed by atoms with van der Waals surface area (Å²) in [5.41, 5.74) is -0.117. The second kappa shape index (κ2) is 10.9. The predicted octanol–water partition coefficient (Wildman–Crippen LogP) is 3.39. The van der Waals surface area contributed by atoms with E-state index in [0.717, 1.165) is 6.42 Å². The number of pyridine rings is 1. The maximum Gasteiger partial charge on any atom is 0.309 e. The number of carbonyl (C=O) groups excluding carboxylic acids is 2. The number of methoxy groups -OCH3 is 1. The van der Waals surface area contributed by atoms with E-state index < -0.39 is 23.8 Å². The summed E-state index contributed by atoms with van der Waals surface area (Å²) >= 11 is 0. The van der Waals surface area contributed by atoms with Gasteiger partial charge < -0.3 is 19.3 Å². The van der Waals surface area contributed by atoms with Crippen LogP contribution in [0.1, 0.15) is 57.9 Å². The van der Waals surface area contributed by atoms with Gasteiger partial charge in [-0.3, -0.25) is 9.59 Å². The van der Waals surface area contributed by atoms with Crippen LogP contribution < -0.4 is 4.74 Å². The lowest BCUT2D eigenvalue weighted by Crippen LogP contribution is -2.37. The topological polar surface area (TPSA) is 95.0 Å². The molecule has 0 radical (unpaired) electrons. The van der Waals surface area contributed by atoms with Crippen LogP contribution >= 0.6 is 0 Å². The highest BCUT2D eigenvalue weighted by atomic mass is 16.6. The molecule has 1 rings (SSSR count). The summed E-state index contributed by atoms with van der Waals surface area (Å²) in [6.45, 7) is 10.0. The average molecular weight is 381 g/mol. The molecule has 0 saturated heterocycles. The molecule has 1 N–H and O–H groups in total. The molecule has 27 heavy (non-hydrogen) atoms. The highest BCUT2D eigenvalue weighted by Crippen LogP contribution is 2.29. The number of esters is 1. The fourth-order valence-corrected chi connectivity index (χ4v) is 2.75. The number of ketones is 1. The van der Waals surface area contributed by atoms with Crippen LogP contribution in [0.4, 0.5) is 0 Å². The van der Waals surface area contributed by atoms with Gasteiger partial charge in [0.15, 0.2) is 23.0 Å². The zero-order valence-electron chi connectivity index (χ0n) is 17.0. The highest BCUT2D eigenvalue weighted by Gasteiger charge is 2.28. The van der Waals surface area contributed by atoms with Crippen molar-refractivity contribution in [2.24, 2.45) is 11.8 Å². The summed E-state index contributed by atoms with van der Waals surface area (Å²) in [7, 11) is 1.39. The van der Waals surface area contributed by atoms with Crippen LogP contribution in [0.25, 0.3) is 0 Å². The summed E-state index contributed by atoms with van der Waals surface area (Å²) in [5.74, 6) is -1.59. The Morgan fingerprint density at radius 1 is 1.22 bits per heavy atom. The van der Waals surface area contributed by atoms with Crippen molar-refractivity contribution in [2.45, 2.75) is 59.7 Å². The van der Waals surface area contributed by atoms with Gasteiger partial charge in [0.05, 0.1) is 19.1 Å². The van der Waals surface area contributed by atoms with Crippen molar-refractivity contribution < 1.29 is 28.9 Å². The van der Waals surface area contributed by atoms with Gasteiger partial charge in [0, 0.05) is 25.3 Å². The maximum absolute atomic E-state index is 12.4. The minimum atomic E-state index is -0.675. The number of hydrogen-bond donors (Lipinski definition) is 1. The Balaban J connectivity index is 2.72. The number of hydrogen-bond acceptors (Lipinski definition) is 7. The molecule has 7 nitrogen and oxygen atoms in total. The Bertz CT molecular complexity index is 631. The van der Waals surface area contributed by atoms with Gasteiger partial charge in [-0.25, -0.2) is 4.98 Å². The number of carbonyl (C=O) groups is 2. The van der Waals surface area contributed by atoms with Crippen molar-refractivity contribution in [1.29, 1.82) is 0 Å². The molecule has 0 aliphatic heterocycles. The molecule has 0 bridgehead atoms. The van der Waals surface area contributed by atoms with Crippen molar-refractivity contribution in [3.8, 4) is 11.5 Å². The number of ether oxygens (including phenoxy) is 3. The molecular weight excluding hydrogens is 350 g/mol. The van der Waals surface area contributed by atoms with E-state index in [1.807, 2.05) is 20.8 Å². The summed E-state index contributed by atoms with van der Waals surface area (Å²) < 4.78 is 16.3. The third kappa shape index (κ3) is 6.50. The van der Waals surface area contributed by atoms with Gasteiger partial charge in [0.2, 0.25) is 0 Å². The molecule has 0 amide bonds. The fraction of sp³-hybridized carbons (Fsp3) is 0.650. The molecule has 0 fully saturated rings. The van der Waals surface area contributed by atoms with E-state index in [-0.39, 0.29) is 35.6 Å². The zero-order valence-corrected chi connectivity index (χ0v) is 17.0. The first-order valence-corrected chi connectivity index (χ1v) is 9.30. The molecule has 0 aliphatic carbocycles. The molecular formula is C20H31NO6. The molecule has 1 aromatic heterocycles. The Kier molecular flexibility index (Phi) is 9.21. The number of nitrogens with zero attached hydrogens (tertiary/aromatic N) is 1. The Labute approximate surface area is 161 Å². The Morgan fingerprint density at radius 2 is 1.89 bits per heavy atom. The monoisotopic (exact) mass is 381 g/mol. The zero-order chi connectivity index (χ0) is 20.6. The van der Waals surface area contributed by atoms with Gasteiger partial charge in [-0.15, -0.1) is 0 Å². The lowest BCUT2D eigenvalue weighted by molar-refractivity contribution is -0.162. The Morgan fingerprint density at radius 3 is 2.44 bits per heavy atom. The molecule has 7 heteroatoms. The maximum atomic E-state index is 12.4.